The topological polar surface area (TPSA) is 266 Å². The summed E-state index contributed by atoms with van der Waals surface area (Å²) in [4.78, 5) is 38.9. The lowest BCUT2D eigenvalue weighted by Gasteiger charge is -2.46. The van der Waals surface area contributed by atoms with Crippen molar-refractivity contribution >= 4 is 33.6 Å². The highest BCUT2D eigenvalue weighted by Crippen LogP contribution is 2.44. The molecule has 3 aromatic rings. The number of sulfonamides is 1. The number of unbranched alkanes of at least 4 members (excludes halogenated alkanes) is 1. The molecule has 6 unspecified atom stereocenters. The number of hydrogen-bond acceptors (Lipinski definition) is 14. The van der Waals surface area contributed by atoms with Crippen molar-refractivity contribution in [1.29, 1.82) is 0 Å². The minimum absolute atomic E-state index is 0.0676. The summed E-state index contributed by atoms with van der Waals surface area (Å²) in [7, 11) is -3.76. The molecule has 6 atom stereocenters. The molecule has 9 N–H and O–H groups in total. The molecule has 64 heavy (non-hydrogen) atoms. The van der Waals surface area contributed by atoms with E-state index in [1.54, 1.807) is 0 Å². The van der Waals surface area contributed by atoms with Gasteiger partial charge in [-0.05, 0) is 71.2 Å². The van der Waals surface area contributed by atoms with Crippen molar-refractivity contribution in [2.45, 2.75) is 81.5 Å². The van der Waals surface area contributed by atoms with E-state index < -0.39 is 69.9 Å². The predicted molar refractivity (Wildman–Crippen MR) is 236 cm³/mol. The molecule has 1 aliphatic heterocycles. The third-order valence-electron chi connectivity index (χ3n) is 11.1. The third-order valence-corrected chi connectivity index (χ3v) is 12.6. The molecule has 0 spiro atoms. The number of nitrogens with one attached hydrogen (secondary N) is 4. The fraction of sp³-hybridized carbons (Fsp3) is 0.533. The molecule has 5 rings (SSSR count). The van der Waals surface area contributed by atoms with E-state index >= 15 is 0 Å². The van der Waals surface area contributed by atoms with Crippen LogP contribution in [0.25, 0.3) is 11.1 Å². The van der Waals surface area contributed by atoms with Crippen LogP contribution in [0.3, 0.4) is 0 Å². The molecule has 0 bridgehead atoms. The van der Waals surface area contributed by atoms with Crippen molar-refractivity contribution in [3.8, 4) is 11.1 Å². The minimum atomic E-state index is -3.76. The van der Waals surface area contributed by atoms with E-state index in [1.165, 1.54) is 24.3 Å². The Morgan fingerprint density at radius 1 is 0.766 bits per heavy atom. The molecule has 0 aromatic heterocycles. The smallest absolute Gasteiger partial charge is 0.407 e. The summed E-state index contributed by atoms with van der Waals surface area (Å²) < 4.78 is 55.7. The molecule has 0 saturated carbocycles. The first-order chi connectivity index (χ1) is 30.6. The van der Waals surface area contributed by atoms with Crippen LogP contribution in [0.1, 0.15) is 57.1 Å². The molecule has 1 saturated heterocycles. The molecule has 2 aliphatic rings. The summed E-state index contributed by atoms with van der Waals surface area (Å²) in [6, 6.07) is 20.8. The molecule has 1 fully saturated rings. The summed E-state index contributed by atoms with van der Waals surface area (Å²) in [6.45, 7) is 6.58. The Morgan fingerprint density at radius 2 is 1.38 bits per heavy atom. The summed E-state index contributed by atoms with van der Waals surface area (Å²) >= 11 is 0. The number of aliphatic hydroxyl groups is 3. The average molecular weight is 914 g/mol. The predicted octanol–water partition coefficient (Wildman–Crippen LogP) is 2.01. The van der Waals surface area contributed by atoms with Gasteiger partial charge >= 0.3 is 6.09 Å². The number of aliphatic hydroxyl groups excluding tert-OH is 3. The van der Waals surface area contributed by atoms with Crippen LogP contribution in [0.5, 0.6) is 0 Å². The van der Waals surface area contributed by atoms with Crippen LogP contribution in [0, 0.1) is 11.3 Å². The van der Waals surface area contributed by atoms with E-state index in [4.69, 9.17) is 29.4 Å². The maximum Gasteiger partial charge on any atom is 0.407 e. The lowest BCUT2D eigenvalue weighted by molar-refractivity contribution is -0.288. The second-order valence-electron chi connectivity index (χ2n) is 16.8. The Hall–Kier alpha value is -4.70. The van der Waals surface area contributed by atoms with Crippen LogP contribution in [0.15, 0.2) is 77.7 Å². The quantitative estimate of drug-likeness (QED) is 0.0473. The second-order valence-corrected chi connectivity index (χ2v) is 18.6. The van der Waals surface area contributed by atoms with E-state index in [2.05, 4.69) is 20.7 Å². The van der Waals surface area contributed by atoms with Gasteiger partial charge in [0.2, 0.25) is 21.8 Å². The van der Waals surface area contributed by atoms with Crippen molar-refractivity contribution in [3.63, 3.8) is 0 Å². The van der Waals surface area contributed by atoms with Crippen LogP contribution in [0.4, 0.5) is 10.5 Å². The molecule has 19 heteroatoms. The minimum Gasteiger partial charge on any atom is -0.449 e. The van der Waals surface area contributed by atoms with Gasteiger partial charge in [-0.15, -0.1) is 0 Å². The average Bonchev–Trinajstić information content (AvgIpc) is 3.57. The van der Waals surface area contributed by atoms with Crippen LogP contribution < -0.4 is 26.4 Å². The summed E-state index contributed by atoms with van der Waals surface area (Å²) in [5, 5.41) is 38.7. The number of nitrogens with two attached hydrogens (primary N) is 1. The summed E-state index contributed by atoms with van der Waals surface area (Å²) in [5.41, 5.74) is 9.93. The highest BCUT2D eigenvalue weighted by Gasteiger charge is 2.48. The van der Waals surface area contributed by atoms with E-state index in [0.29, 0.717) is 18.5 Å². The maximum atomic E-state index is 13.3. The molecule has 1 aliphatic carbocycles. The number of fused-ring (bicyclic) bond motifs is 3. The molecular weight excluding hydrogens is 851 g/mol. The number of carbonyl (C=O) groups excluding carboxylic acids is 3. The zero-order valence-electron chi connectivity index (χ0n) is 36.6. The Kier molecular flexibility index (Phi) is 18.9. The highest BCUT2D eigenvalue weighted by molar-refractivity contribution is 7.89. The van der Waals surface area contributed by atoms with Gasteiger partial charge < -0.3 is 60.7 Å². The molecule has 3 amide bonds. The standard InChI is InChI=1S/C45H63N5O13S/c1-45(2,3)39-37(63-43(55)41(53)40(39)52)27-61-28-38(51)47-20-22-59-24-25-60-23-21-48-42(54)36(14-8-9-19-49-64(57,58)30-17-15-29(46)16-18-30)50-44(56)62-26-35-33-12-6-4-10-31(33)32-11-5-7-13-34(32)35/h4-7,10-13,15-18,35-37,39-41,43,49,52-53,55H,8-9,14,19-28,46H2,1-3H3,(H,47,51)(H,48,54)(H,50,56). The van der Waals surface area contributed by atoms with Crippen LogP contribution in [-0.2, 0) is 43.3 Å². The number of rotatable bonds is 24. The first-order valence-electron chi connectivity index (χ1n) is 21.5. The van der Waals surface area contributed by atoms with Crippen molar-refractivity contribution in [2.75, 3.05) is 71.6 Å². The van der Waals surface area contributed by atoms with E-state index in [-0.39, 0.29) is 83.1 Å². The molecule has 18 nitrogen and oxygen atoms in total. The van der Waals surface area contributed by atoms with E-state index in [1.807, 2.05) is 69.3 Å². The molecule has 1 heterocycles. The number of hydrogen-bond donors (Lipinski definition) is 8. The maximum absolute atomic E-state index is 13.3. The Balaban J connectivity index is 0.991. The normalized spacial score (nSPS) is 20.2. The van der Waals surface area contributed by atoms with Gasteiger partial charge in [-0.2, -0.15) is 0 Å². The number of carbonyl (C=O) groups is 3. The number of ether oxygens (including phenoxy) is 5. The van der Waals surface area contributed by atoms with Crippen LogP contribution >= 0.6 is 0 Å². The monoisotopic (exact) mass is 913 g/mol. The molecule has 3 aromatic carbocycles. The van der Waals surface area contributed by atoms with Crippen LogP contribution in [0.2, 0.25) is 0 Å². The van der Waals surface area contributed by atoms with Gasteiger partial charge in [-0.3, -0.25) is 9.59 Å². The van der Waals surface area contributed by atoms with E-state index in [0.717, 1.165) is 22.3 Å². The lowest BCUT2D eigenvalue weighted by Crippen LogP contribution is -2.59. The summed E-state index contributed by atoms with van der Waals surface area (Å²) in [6.07, 6.45) is -4.72. The van der Waals surface area contributed by atoms with E-state index in [9.17, 15) is 38.1 Å². The summed E-state index contributed by atoms with van der Waals surface area (Å²) in [5.74, 6) is -1.56. The molecule has 0 radical (unpaired) electrons. The van der Waals surface area contributed by atoms with Crippen molar-refractivity contribution in [3.05, 3.63) is 83.9 Å². The Morgan fingerprint density at radius 3 is 2.00 bits per heavy atom. The van der Waals surface area contributed by atoms with Gasteiger partial charge in [0.15, 0.2) is 6.29 Å². The van der Waals surface area contributed by atoms with Crippen molar-refractivity contribution in [1.82, 2.24) is 20.7 Å². The molecule has 352 valence electrons. The Bertz CT molecular complexity index is 2040. The second kappa shape index (κ2) is 24.0. The molecular formula is C45H63N5O13S. The lowest BCUT2D eigenvalue weighted by atomic mass is 9.71. The number of benzene rings is 3. The number of anilines is 1. The van der Waals surface area contributed by atoms with Crippen LogP contribution in [-0.4, -0.2) is 138 Å². The van der Waals surface area contributed by atoms with Gasteiger partial charge in [-0.25, -0.2) is 17.9 Å². The fourth-order valence-corrected chi connectivity index (χ4v) is 8.97. The Labute approximate surface area is 374 Å². The van der Waals surface area contributed by atoms with Gasteiger partial charge in [0.1, 0.15) is 25.4 Å². The van der Waals surface area contributed by atoms with Gasteiger partial charge in [0.25, 0.3) is 0 Å². The fourth-order valence-electron chi connectivity index (χ4n) is 7.89. The van der Waals surface area contributed by atoms with Gasteiger partial charge in [-0.1, -0.05) is 69.3 Å². The van der Waals surface area contributed by atoms with Gasteiger partial charge in [0.05, 0.1) is 50.1 Å². The third kappa shape index (κ3) is 14.4. The SMILES string of the molecule is CC(C)(C)C1C(COCC(=O)NCCOCCOCCNC(=O)C(CCCCNS(=O)(=O)c2ccc(N)cc2)NC(=O)OCC2c3ccccc3-c3ccccc32)OC(O)C(O)C1O. The largest absolute Gasteiger partial charge is 0.449 e. The number of alkyl carbamates (subject to hydrolysis) is 1. The zero-order chi connectivity index (χ0) is 46.3. The highest BCUT2D eigenvalue weighted by atomic mass is 32.2. The van der Waals surface area contributed by atoms with Crippen molar-refractivity contribution in [2.24, 2.45) is 11.3 Å². The first kappa shape index (κ1) is 50.3. The van der Waals surface area contributed by atoms with Crippen molar-refractivity contribution < 1.29 is 61.8 Å². The number of nitrogen functional groups attached to an aromatic ring is 1. The first-order valence-corrected chi connectivity index (χ1v) is 23.0. The number of amides is 3. The zero-order valence-corrected chi connectivity index (χ0v) is 37.4. The van der Waals surface area contributed by atoms with Gasteiger partial charge in [0, 0.05) is 37.2 Å².